The SMILES string of the molecule is Cc1cnn(Cc2ccccc2Cl)c1NC(=O)NCc1nnc2n1CCC2. The molecular weight excluding hydrogens is 366 g/mol. The Bertz CT molecular complexity index is 978. The van der Waals surface area contributed by atoms with E-state index in [1.165, 1.54) is 0 Å². The molecule has 0 fully saturated rings. The summed E-state index contributed by atoms with van der Waals surface area (Å²) in [5.41, 5.74) is 1.81. The van der Waals surface area contributed by atoms with Gasteiger partial charge in [-0.2, -0.15) is 5.10 Å². The van der Waals surface area contributed by atoms with Crippen molar-refractivity contribution in [3.63, 3.8) is 0 Å². The van der Waals surface area contributed by atoms with Crippen LogP contribution >= 0.6 is 11.6 Å². The van der Waals surface area contributed by atoms with Crippen molar-refractivity contribution >= 4 is 23.4 Å². The second-order valence-corrected chi connectivity index (χ2v) is 6.93. The van der Waals surface area contributed by atoms with Crippen molar-refractivity contribution in [2.75, 3.05) is 5.32 Å². The van der Waals surface area contributed by atoms with Crippen LogP contribution in [0.5, 0.6) is 0 Å². The predicted molar refractivity (Wildman–Crippen MR) is 102 cm³/mol. The molecule has 3 heterocycles. The van der Waals surface area contributed by atoms with Crippen LogP contribution in [-0.4, -0.2) is 30.6 Å². The zero-order chi connectivity index (χ0) is 18.8. The van der Waals surface area contributed by atoms with E-state index in [2.05, 4.69) is 30.5 Å². The van der Waals surface area contributed by atoms with E-state index in [0.717, 1.165) is 42.2 Å². The summed E-state index contributed by atoms with van der Waals surface area (Å²) in [5.74, 6) is 2.40. The second-order valence-electron chi connectivity index (χ2n) is 6.52. The summed E-state index contributed by atoms with van der Waals surface area (Å²) in [6, 6.07) is 7.27. The van der Waals surface area contributed by atoms with Crippen molar-refractivity contribution in [1.82, 2.24) is 29.9 Å². The maximum absolute atomic E-state index is 12.4. The Morgan fingerprint density at radius 2 is 2.15 bits per heavy atom. The number of fused-ring (bicyclic) bond motifs is 1. The molecule has 1 aromatic carbocycles. The fourth-order valence-electron chi connectivity index (χ4n) is 3.20. The normalized spacial score (nSPS) is 12.8. The Morgan fingerprint density at radius 3 is 3.00 bits per heavy atom. The smallest absolute Gasteiger partial charge is 0.320 e. The number of hydrogen-bond acceptors (Lipinski definition) is 4. The minimum atomic E-state index is -0.311. The Balaban J connectivity index is 1.42. The number of carbonyl (C=O) groups is 1. The van der Waals surface area contributed by atoms with Gasteiger partial charge in [0.15, 0.2) is 5.82 Å². The first-order valence-corrected chi connectivity index (χ1v) is 9.21. The average molecular weight is 386 g/mol. The quantitative estimate of drug-likeness (QED) is 0.706. The Hall–Kier alpha value is -2.87. The summed E-state index contributed by atoms with van der Waals surface area (Å²) < 4.78 is 3.79. The highest BCUT2D eigenvalue weighted by molar-refractivity contribution is 6.31. The minimum absolute atomic E-state index is 0.311. The molecule has 0 atom stereocenters. The highest BCUT2D eigenvalue weighted by Gasteiger charge is 2.18. The van der Waals surface area contributed by atoms with Crippen LogP contribution in [0, 0.1) is 6.92 Å². The molecule has 27 heavy (non-hydrogen) atoms. The van der Waals surface area contributed by atoms with E-state index in [4.69, 9.17) is 11.6 Å². The molecule has 0 unspecified atom stereocenters. The number of urea groups is 1. The number of amides is 2. The van der Waals surface area contributed by atoms with Gasteiger partial charge in [0.25, 0.3) is 0 Å². The van der Waals surface area contributed by atoms with Gasteiger partial charge in [-0.05, 0) is 25.0 Å². The van der Waals surface area contributed by atoms with Crippen molar-refractivity contribution in [2.24, 2.45) is 0 Å². The molecule has 0 saturated carbocycles. The van der Waals surface area contributed by atoms with Gasteiger partial charge in [0.2, 0.25) is 0 Å². The summed E-state index contributed by atoms with van der Waals surface area (Å²) in [5, 5.41) is 19.0. The molecule has 0 radical (unpaired) electrons. The summed E-state index contributed by atoms with van der Waals surface area (Å²) in [6.45, 7) is 3.61. The van der Waals surface area contributed by atoms with Crippen molar-refractivity contribution in [2.45, 2.75) is 39.4 Å². The van der Waals surface area contributed by atoms with Gasteiger partial charge in [0.05, 0.1) is 19.3 Å². The van der Waals surface area contributed by atoms with E-state index < -0.39 is 0 Å². The zero-order valence-electron chi connectivity index (χ0n) is 14.9. The number of carbonyl (C=O) groups excluding carboxylic acids is 1. The van der Waals surface area contributed by atoms with Crippen LogP contribution in [0.25, 0.3) is 0 Å². The molecule has 0 saturated heterocycles. The van der Waals surface area contributed by atoms with Crippen LogP contribution in [0.15, 0.2) is 30.5 Å². The van der Waals surface area contributed by atoms with Gasteiger partial charge in [-0.1, -0.05) is 29.8 Å². The number of nitrogens with one attached hydrogen (secondary N) is 2. The number of benzene rings is 1. The van der Waals surface area contributed by atoms with Crippen LogP contribution < -0.4 is 10.6 Å². The molecule has 0 bridgehead atoms. The molecule has 2 aromatic heterocycles. The third-order valence-electron chi connectivity index (χ3n) is 4.63. The fourth-order valence-corrected chi connectivity index (χ4v) is 3.40. The third kappa shape index (κ3) is 3.66. The molecule has 1 aliphatic heterocycles. The molecular formula is C18H20ClN7O. The van der Waals surface area contributed by atoms with Crippen LogP contribution in [-0.2, 0) is 26.1 Å². The lowest BCUT2D eigenvalue weighted by molar-refractivity contribution is 0.251. The first-order valence-electron chi connectivity index (χ1n) is 8.83. The maximum Gasteiger partial charge on any atom is 0.320 e. The van der Waals surface area contributed by atoms with Gasteiger partial charge in [-0.15, -0.1) is 10.2 Å². The van der Waals surface area contributed by atoms with Crippen LogP contribution in [0.3, 0.4) is 0 Å². The zero-order valence-corrected chi connectivity index (χ0v) is 15.7. The van der Waals surface area contributed by atoms with Gasteiger partial charge in [-0.25, -0.2) is 9.48 Å². The molecule has 2 N–H and O–H groups in total. The Kier molecular flexibility index (Phi) is 4.81. The first kappa shape index (κ1) is 17.5. The number of hydrogen-bond donors (Lipinski definition) is 2. The maximum atomic E-state index is 12.4. The van der Waals surface area contributed by atoms with Crippen molar-refractivity contribution in [3.05, 3.63) is 58.3 Å². The molecule has 3 aromatic rings. The molecule has 2 amide bonds. The minimum Gasteiger partial charge on any atom is -0.331 e. The standard InChI is InChI=1S/C18H20ClN7O/c1-12-9-21-26(11-13-5-2-3-6-14(13)19)17(12)22-18(27)20-10-16-24-23-15-7-4-8-25(15)16/h2-3,5-6,9H,4,7-8,10-11H2,1H3,(H2,20,22,27). The van der Waals surface area contributed by atoms with E-state index >= 15 is 0 Å². The molecule has 8 nitrogen and oxygen atoms in total. The summed E-state index contributed by atoms with van der Waals surface area (Å²) >= 11 is 6.24. The fraction of sp³-hybridized carbons (Fsp3) is 0.333. The van der Waals surface area contributed by atoms with E-state index in [0.29, 0.717) is 23.9 Å². The lowest BCUT2D eigenvalue weighted by Crippen LogP contribution is -2.30. The second kappa shape index (κ2) is 7.40. The molecule has 1 aliphatic rings. The topological polar surface area (TPSA) is 89.7 Å². The van der Waals surface area contributed by atoms with Crippen LogP contribution in [0.4, 0.5) is 10.6 Å². The monoisotopic (exact) mass is 385 g/mol. The average Bonchev–Trinajstić information content (AvgIpc) is 3.34. The van der Waals surface area contributed by atoms with E-state index in [1.807, 2.05) is 31.2 Å². The van der Waals surface area contributed by atoms with Crippen molar-refractivity contribution < 1.29 is 4.79 Å². The molecule has 4 rings (SSSR count). The highest BCUT2D eigenvalue weighted by atomic mass is 35.5. The van der Waals surface area contributed by atoms with Gasteiger partial charge in [0.1, 0.15) is 11.6 Å². The van der Waals surface area contributed by atoms with Gasteiger partial charge >= 0.3 is 6.03 Å². The predicted octanol–water partition coefficient (Wildman–Crippen LogP) is 2.75. The first-order chi connectivity index (χ1) is 13.1. The van der Waals surface area contributed by atoms with E-state index in [1.54, 1.807) is 10.9 Å². The molecule has 9 heteroatoms. The van der Waals surface area contributed by atoms with Gasteiger partial charge < -0.3 is 9.88 Å². The number of anilines is 1. The Labute approximate surface area is 161 Å². The lowest BCUT2D eigenvalue weighted by Gasteiger charge is -2.12. The summed E-state index contributed by atoms with van der Waals surface area (Å²) in [7, 11) is 0. The van der Waals surface area contributed by atoms with E-state index in [9.17, 15) is 4.79 Å². The molecule has 0 spiro atoms. The third-order valence-corrected chi connectivity index (χ3v) is 4.99. The van der Waals surface area contributed by atoms with Crippen molar-refractivity contribution in [3.8, 4) is 0 Å². The van der Waals surface area contributed by atoms with Crippen LogP contribution in [0.2, 0.25) is 5.02 Å². The molecule has 0 aliphatic carbocycles. The van der Waals surface area contributed by atoms with Crippen molar-refractivity contribution in [1.29, 1.82) is 0 Å². The summed E-state index contributed by atoms with van der Waals surface area (Å²) in [4.78, 5) is 12.4. The van der Waals surface area contributed by atoms with E-state index in [-0.39, 0.29) is 6.03 Å². The largest absolute Gasteiger partial charge is 0.331 e. The molecule has 140 valence electrons. The van der Waals surface area contributed by atoms with Gasteiger partial charge in [-0.3, -0.25) is 5.32 Å². The van der Waals surface area contributed by atoms with Crippen LogP contribution in [0.1, 0.15) is 29.2 Å². The lowest BCUT2D eigenvalue weighted by atomic mass is 10.2. The number of nitrogens with zero attached hydrogens (tertiary/aromatic N) is 5. The summed E-state index contributed by atoms with van der Waals surface area (Å²) in [6.07, 6.45) is 3.74. The Morgan fingerprint density at radius 1 is 1.30 bits per heavy atom. The number of aromatic nitrogens is 5. The number of aryl methyl sites for hydroxylation is 2. The number of halogens is 1. The number of rotatable bonds is 5. The van der Waals surface area contributed by atoms with Gasteiger partial charge in [0, 0.05) is 23.6 Å². The highest BCUT2D eigenvalue weighted by Crippen LogP contribution is 2.20.